The summed E-state index contributed by atoms with van der Waals surface area (Å²) >= 11 is 0. The maximum Gasteiger partial charge on any atom is 0.0924 e. The highest BCUT2D eigenvalue weighted by Gasteiger charge is 2.20. The third-order valence-electron chi connectivity index (χ3n) is 3.73. The zero-order chi connectivity index (χ0) is 13.8. The molecule has 0 radical (unpaired) electrons. The second-order valence-electron chi connectivity index (χ2n) is 5.13. The quantitative estimate of drug-likeness (QED) is 0.827. The molecule has 0 saturated carbocycles. The van der Waals surface area contributed by atoms with Crippen LogP contribution in [0.3, 0.4) is 0 Å². The molecule has 0 aliphatic heterocycles. The molecule has 2 heteroatoms. The van der Waals surface area contributed by atoms with Gasteiger partial charge in [-0.3, -0.25) is 0 Å². The normalized spacial score (nSPS) is 13.1. The molecule has 1 aliphatic rings. The number of aromatic amines is 1. The molecule has 2 aromatic rings. The van der Waals surface area contributed by atoms with Crippen LogP contribution in [0.4, 0.5) is 0 Å². The summed E-state index contributed by atoms with van der Waals surface area (Å²) in [5.74, 6) is 0.623. The summed E-state index contributed by atoms with van der Waals surface area (Å²) in [6.45, 7) is 8.56. The number of rotatable bonds is 2. The minimum absolute atomic E-state index is 0.623. The van der Waals surface area contributed by atoms with Gasteiger partial charge in [0.2, 0.25) is 0 Å². The van der Waals surface area contributed by atoms with E-state index in [0.29, 0.717) is 5.92 Å². The zero-order valence-corrected chi connectivity index (χ0v) is 12.5. The number of aromatic nitrogens is 2. The molecule has 1 aliphatic carbocycles. The fourth-order valence-electron chi connectivity index (χ4n) is 2.93. The zero-order valence-electron chi connectivity index (χ0n) is 12.5. The van der Waals surface area contributed by atoms with Gasteiger partial charge in [-0.05, 0) is 41.9 Å². The van der Waals surface area contributed by atoms with Crippen molar-refractivity contribution >= 4 is 0 Å². The molecule has 0 spiro atoms. The predicted octanol–water partition coefficient (Wildman–Crippen LogP) is 4.72. The van der Waals surface area contributed by atoms with Crippen LogP contribution in [-0.2, 0) is 12.8 Å². The molecule has 0 amide bonds. The van der Waals surface area contributed by atoms with E-state index in [0.717, 1.165) is 5.69 Å². The smallest absolute Gasteiger partial charge is 0.0924 e. The third-order valence-corrected chi connectivity index (χ3v) is 3.73. The lowest BCUT2D eigenvalue weighted by atomic mass is 9.91. The summed E-state index contributed by atoms with van der Waals surface area (Å²) in [5, 5.41) is 0. The number of H-pyrrole nitrogens is 1. The highest BCUT2D eigenvalue weighted by Crippen LogP contribution is 2.36. The molecule has 0 unspecified atom stereocenters. The summed E-state index contributed by atoms with van der Waals surface area (Å²) in [6, 6.07) is 4.55. The monoisotopic (exact) mass is 256 g/mol. The number of imidazole rings is 1. The topological polar surface area (TPSA) is 28.7 Å². The van der Waals surface area contributed by atoms with Crippen molar-refractivity contribution in [2.24, 2.45) is 0 Å². The third kappa shape index (κ3) is 2.58. The van der Waals surface area contributed by atoms with Crippen molar-refractivity contribution in [1.29, 1.82) is 0 Å². The van der Waals surface area contributed by atoms with Gasteiger partial charge < -0.3 is 4.98 Å². The van der Waals surface area contributed by atoms with Crippen LogP contribution in [0, 0.1) is 0 Å². The van der Waals surface area contributed by atoms with Gasteiger partial charge in [-0.2, -0.15) is 0 Å². The van der Waals surface area contributed by atoms with Crippen LogP contribution >= 0.6 is 0 Å². The first-order valence-electron chi connectivity index (χ1n) is 7.40. The maximum absolute atomic E-state index is 4.13. The van der Waals surface area contributed by atoms with Crippen LogP contribution in [0.15, 0.2) is 24.7 Å². The first-order valence-corrected chi connectivity index (χ1v) is 7.40. The van der Waals surface area contributed by atoms with Crippen LogP contribution in [0.2, 0.25) is 0 Å². The van der Waals surface area contributed by atoms with E-state index in [-0.39, 0.29) is 0 Å². The summed E-state index contributed by atoms with van der Waals surface area (Å²) in [7, 11) is 0. The number of hydrogen-bond acceptors (Lipinski definition) is 1. The molecule has 102 valence electrons. The first-order chi connectivity index (χ1) is 9.27. The number of nitrogens with one attached hydrogen (secondary N) is 1. The van der Waals surface area contributed by atoms with Crippen molar-refractivity contribution in [3.63, 3.8) is 0 Å². The summed E-state index contributed by atoms with van der Waals surface area (Å²) in [5.41, 5.74) is 7.16. The molecule has 0 fully saturated rings. The molecule has 2 nitrogen and oxygen atoms in total. The minimum atomic E-state index is 0.623. The highest BCUT2D eigenvalue weighted by molar-refractivity contribution is 5.67. The minimum Gasteiger partial charge on any atom is -0.345 e. The lowest BCUT2D eigenvalue weighted by molar-refractivity contribution is 0.838. The average Bonchev–Trinajstić information content (AvgIpc) is 3.11. The summed E-state index contributed by atoms with van der Waals surface area (Å²) < 4.78 is 0. The fourth-order valence-corrected chi connectivity index (χ4v) is 2.93. The Balaban J connectivity index is 0.000000637. The Labute approximate surface area is 116 Å². The Bertz CT molecular complexity index is 524. The molecule has 1 aromatic heterocycles. The van der Waals surface area contributed by atoms with E-state index in [1.807, 2.05) is 20.0 Å². The fraction of sp³-hybridized carbons (Fsp3) is 0.471. The van der Waals surface area contributed by atoms with Crippen molar-refractivity contribution < 1.29 is 0 Å². The van der Waals surface area contributed by atoms with Gasteiger partial charge in [0.05, 0.1) is 18.2 Å². The maximum atomic E-state index is 4.13. The van der Waals surface area contributed by atoms with E-state index in [1.165, 1.54) is 30.4 Å². The van der Waals surface area contributed by atoms with Gasteiger partial charge in [-0.15, -0.1) is 0 Å². The van der Waals surface area contributed by atoms with Crippen molar-refractivity contribution in [2.75, 3.05) is 0 Å². The predicted molar refractivity (Wildman–Crippen MR) is 81.5 cm³/mol. The van der Waals surface area contributed by atoms with Gasteiger partial charge >= 0.3 is 0 Å². The number of benzene rings is 1. The Kier molecular flexibility index (Phi) is 4.41. The number of nitrogens with zero attached hydrogens (tertiary/aromatic N) is 1. The van der Waals surface area contributed by atoms with Crippen molar-refractivity contribution in [2.45, 2.75) is 52.9 Å². The van der Waals surface area contributed by atoms with E-state index in [1.54, 1.807) is 17.5 Å². The van der Waals surface area contributed by atoms with Crippen LogP contribution in [0.1, 0.15) is 56.7 Å². The van der Waals surface area contributed by atoms with Crippen molar-refractivity contribution in [3.05, 3.63) is 41.3 Å². The summed E-state index contributed by atoms with van der Waals surface area (Å²) in [4.78, 5) is 7.35. The molecule has 1 aromatic carbocycles. The molecule has 1 N–H and O–H groups in total. The molecule has 0 bridgehead atoms. The second kappa shape index (κ2) is 6.05. The van der Waals surface area contributed by atoms with Gasteiger partial charge in [0.25, 0.3) is 0 Å². The van der Waals surface area contributed by atoms with Gasteiger partial charge in [0.15, 0.2) is 0 Å². The number of fused-ring (bicyclic) bond motifs is 1. The van der Waals surface area contributed by atoms with Crippen molar-refractivity contribution in [3.8, 4) is 11.3 Å². The molecule has 0 atom stereocenters. The molecule has 1 heterocycles. The molecule has 3 rings (SSSR count). The largest absolute Gasteiger partial charge is 0.345 e. The molecular weight excluding hydrogens is 232 g/mol. The molecule has 0 saturated heterocycles. The van der Waals surface area contributed by atoms with Crippen LogP contribution in [-0.4, -0.2) is 9.97 Å². The first kappa shape index (κ1) is 13.9. The molecule has 19 heavy (non-hydrogen) atoms. The Hall–Kier alpha value is -1.57. The van der Waals surface area contributed by atoms with Gasteiger partial charge in [0, 0.05) is 5.56 Å². The van der Waals surface area contributed by atoms with E-state index in [4.69, 9.17) is 0 Å². The highest BCUT2D eigenvalue weighted by atomic mass is 14.9. The van der Waals surface area contributed by atoms with E-state index >= 15 is 0 Å². The van der Waals surface area contributed by atoms with E-state index in [2.05, 4.69) is 35.9 Å². The second-order valence-corrected chi connectivity index (χ2v) is 5.13. The van der Waals surface area contributed by atoms with Crippen LogP contribution in [0.25, 0.3) is 11.3 Å². The number of hydrogen-bond donors (Lipinski definition) is 1. The standard InChI is InChI=1S/C15H18N2.C2H6/c1-10(2)11-6-7-14(15-8-16-9-17-15)13-5-3-4-12(11)13;1-2/h6-10H,3-5H2,1-2H3,(H,16,17);1-2H3. The lowest BCUT2D eigenvalue weighted by Gasteiger charge is -2.14. The average molecular weight is 256 g/mol. The Morgan fingerprint density at radius 3 is 2.47 bits per heavy atom. The van der Waals surface area contributed by atoms with Gasteiger partial charge in [0.1, 0.15) is 0 Å². The lowest BCUT2D eigenvalue weighted by Crippen LogP contribution is -1.97. The van der Waals surface area contributed by atoms with Crippen LogP contribution < -0.4 is 0 Å². The SMILES string of the molecule is CC.CC(C)c1ccc(-c2cnc[nH]2)c2c1CCC2. The Morgan fingerprint density at radius 1 is 1.11 bits per heavy atom. The molecular formula is C17H24N2. The van der Waals surface area contributed by atoms with Gasteiger partial charge in [-0.25, -0.2) is 4.98 Å². The van der Waals surface area contributed by atoms with Gasteiger partial charge in [-0.1, -0.05) is 39.8 Å². The Morgan fingerprint density at radius 2 is 1.84 bits per heavy atom. The summed E-state index contributed by atoms with van der Waals surface area (Å²) in [6.07, 6.45) is 7.42. The van der Waals surface area contributed by atoms with Crippen LogP contribution in [0.5, 0.6) is 0 Å². The van der Waals surface area contributed by atoms with E-state index < -0.39 is 0 Å². The van der Waals surface area contributed by atoms with Crippen molar-refractivity contribution in [1.82, 2.24) is 9.97 Å². The van der Waals surface area contributed by atoms with E-state index in [9.17, 15) is 0 Å².